The van der Waals surface area contributed by atoms with E-state index >= 15 is 0 Å². The van der Waals surface area contributed by atoms with E-state index in [0.717, 1.165) is 11.3 Å². The van der Waals surface area contributed by atoms with Crippen molar-refractivity contribution in [1.82, 2.24) is 9.55 Å². The maximum atomic E-state index is 13.4. The minimum atomic E-state index is -0.504. The SMILES string of the molecule is COC(=O)c1ccc2c(=O)n(CCc3ccccc3)c(SCC(=O)N(C)c3ccccc3)nc2c1. The van der Waals surface area contributed by atoms with Gasteiger partial charge in [-0.1, -0.05) is 60.3 Å². The monoisotopic (exact) mass is 487 g/mol. The van der Waals surface area contributed by atoms with Crippen LogP contribution in [0, 0.1) is 0 Å². The van der Waals surface area contributed by atoms with Crippen molar-refractivity contribution in [2.45, 2.75) is 18.1 Å². The molecule has 1 amide bonds. The molecule has 4 aromatic rings. The van der Waals surface area contributed by atoms with Gasteiger partial charge in [0.1, 0.15) is 0 Å². The molecule has 0 saturated heterocycles. The second kappa shape index (κ2) is 11.0. The highest BCUT2D eigenvalue weighted by atomic mass is 32.2. The highest BCUT2D eigenvalue weighted by molar-refractivity contribution is 7.99. The van der Waals surface area contributed by atoms with Gasteiger partial charge in [-0.3, -0.25) is 14.2 Å². The van der Waals surface area contributed by atoms with Gasteiger partial charge in [0.05, 0.1) is 29.3 Å². The zero-order chi connectivity index (χ0) is 24.8. The smallest absolute Gasteiger partial charge is 0.337 e. The van der Waals surface area contributed by atoms with E-state index in [-0.39, 0.29) is 17.2 Å². The van der Waals surface area contributed by atoms with Crippen molar-refractivity contribution < 1.29 is 14.3 Å². The lowest BCUT2D eigenvalue weighted by atomic mass is 10.1. The van der Waals surface area contributed by atoms with Crippen molar-refractivity contribution in [3.05, 3.63) is 100 Å². The van der Waals surface area contributed by atoms with Crippen LogP contribution in [0.4, 0.5) is 5.69 Å². The molecule has 0 aliphatic heterocycles. The summed E-state index contributed by atoms with van der Waals surface area (Å²) in [6.07, 6.45) is 0.638. The van der Waals surface area contributed by atoms with E-state index in [9.17, 15) is 14.4 Å². The normalized spacial score (nSPS) is 10.8. The van der Waals surface area contributed by atoms with Crippen molar-refractivity contribution >= 4 is 40.2 Å². The van der Waals surface area contributed by atoms with Crippen LogP contribution < -0.4 is 10.5 Å². The number of para-hydroxylation sites is 1. The summed E-state index contributed by atoms with van der Waals surface area (Å²) in [7, 11) is 3.02. The lowest BCUT2D eigenvalue weighted by Crippen LogP contribution is -2.29. The third kappa shape index (κ3) is 5.60. The lowest BCUT2D eigenvalue weighted by Gasteiger charge is -2.18. The van der Waals surface area contributed by atoms with Crippen molar-refractivity contribution in [1.29, 1.82) is 0 Å². The lowest BCUT2D eigenvalue weighted by molar-refractivity contribution is -0.115. The van der Waals surface area contributed by atoms with Crippen molar-refractivity contribution in [3.63, 3.8) is 0 Å². The molecule has 0 saturated carbocycles. The van der Waals surface area contributed by atoms with E-state index in [1.54, 1.807) is 34.7 Å². The van der Waals surface area contributed by atoms with E-state index in [1.807, 2.05) is 60.7 Å². The summed E-state index contributed by atoms with van der Waals surface area (Å²) >= 11 is 1.21. The van der Waals surface area contributed by atoms with Crippen LogP contribution in [0.3, 0.4) is 0 Å². The number of thioether (sulfide) groups is 1. The van der Waals surface area contributed by atoms with Gasteiger partial charge in [0.15, 0.2) is 5.16 Å². The summed E-state index contributed by atoms with van der Waals surface area (Å²) in [6, 6.07) is 23.9. The first kappa shape index (κ1) is 24.2. The first-order valence-corrected chi connectivity index (χ1v) is 12.1. The number of aryl methyl sites for hydroxylation is 1. The number of hydrogen-bond acceptors (Lipinski definition) is 6. The molecule has 178 valence electrons. The average Bonchev–Trinajstić information content (AvgIpc) is 2.91. The Labute approximate surface area is 207 Å². The third-order valence-electron chi connectivity index (χ3n) is 5.65. The van der Waals surface area contributed by atoms with Crippen LogP contribution in [0.15, 0.2) is 88.8 Å². The van der Waals surface area contributed by atoms with Gasteiger partial charge in [-0.2, -0.15) is 0 Å². The van der Waals surface area contributed by atoms with Gasteiger partial charge >= 0.3 is 5.97 Å². The molecular formula is C27H25N3O4S. The fourth-order valence-electron chi connectivity index (χ4n) is 3.66. The number of carbonyl (C=O) groups excluding carboxylic acids is 2. The van der Waals surface area contributed by atoms with E-state index < -0.39 is 5.97 Å². The molecule has 0 unspecified atom stereocenters. The van der Waals surface area contributed by atoms with Crippen LogP contribution in [0.25, 0.3) is 10.9 Å². The van der Waals surface area contributed by atoms with Gasteiger partial charge < -0.3 is 9.64 Å². The van der Waals surface area contributed by atoms with Gasteiger partial charge in [0.25, 0.3) is 5.56 Å². The number of benzene rings is 3. The summed E-state index contributed by atoms with van der Waals surface area (Å²) in [5.41, 5.74) is 2.36. The molecule has 0 radical (unpaired) electrons. The maximum absolute atomic E-state index is 13.4. The molecule has 0 aliphatic carbocycles. The summed E-state index contributed by atoms with van der Waals surface area (Å²) in [5, 5.41) is 0.832. The Bertz CT molecular complexity index is 1400. The average molecular weight is 488 g/mol. The minimum Gasteiger partial charge on any atom is -0.465 e. The molecule has 35 heavy (non-hydrogen) atoms. The number of nitrogens with zero attached hydrogens (tertiary/aromatic N) is 3. The number of methoxy groups -OCH3 is 1. The largest absolute Gasteiger partial charge is 0.465 e. The quantitative estimate of drug-likeness (QED) is 0.211. The number of rotatable bonds is 8. The van der Waals surface area contributed by atoms with Crippen LogP contribution >= 0.6 is 11.8 Å². The Morgan fingerprint density at radius 1 is 1.00 bits per heavy atom. The predicted octanol–water partition coefficient (Wildman–Crippen LogP) is 4.18. The topological polar surface area (TPSA) is 81.5 Å². The highest BCUT2D eigenvalue weighted by Crippen LogP contribution is 2.21. The van der Waals surface area contributed by atoms with E-state index in [4.69, 9.17) is 4.74 Å². The first-order chi connectivity index (χ1) is 17.0. The summed E-state index contributed by atoms with van der Waals surface area (Å²) in [5.74, 6) is -0.518. The van der Waals surface area contributed by atoms with Gasteiger partial charge in [0, 0.05) is 19.3 Å². The predicted molar refractivity (Wildman–Crippen MR) is 138 cm³/mol. The van der Waals surface area contributed by atoms with Crippen LogP contribution in [0.2, 0.25) is 0 Å². The highest BCUT2D eigenvalue weighted by Gasteiger charge is 2.17. The van der Waals surface area contributed by atoms with Gasteiger partial charge in [-0.15, -0.1) is 0 Å². The summed E-state index contributed by atoms with van der Waals surface area (Å²) in [4.78, 5) is 44.5. The number of fused-ring (bicyclic) bond motifs is 1. The summed E-state index contributed by atoms with van der Waals surface area (Å²) in [6.45, 7) is 0.412. The Kier molecular flexibility index (Phi) is 7.62. The van der Waals surface area contributed by atoms with E-state index in [2.05, 4.69) is 4.98 Å². The minimum absolute atomic E-state index is 0.103. The zero-order valence-corrected chi connectivity index (χ0v) is 20.3. The molecule has 0 atom stereocenters. The number of hydrogen-bond donors (Lipinski definition) is 0. The van der Waals surface area contributed by atoms with Crippen LogP contribution in [0.5, 0.6) is 0 Å². The molecule has 0 aliphatic rings. The number of esters is 1. The Balaban J connectivity index is 1.66. The van der Waals surface area contributed by atoms with Crippen LogP contribution in [-0.4, -0.2) is 41.3 Å². The molecule has 0 N–H and O–H groups in total. The molecule has 7 nitrogen and oxygen atoms in total. The van der Waals surface area contributed by atoms with Crippen molar-refractivity contribution in [3.8, 4) is 0 Å². The van der Waals surface area contributed by atoms with Crippen molar-refractivity contribution in [2.75, 3.05) is 24.8 Å². The fraction of sp³-hybridized carbons (Fsp3) is 0.185. The molecule has 0 bridgehead atoms. The number of carbonyl (C=O) groups is 2. The zero-order valence-electron chi connectivity index (χ0n) is 19.5. The van der Waals surface area contributed by atoms with Gasteiger partial charge in [-0.25, -0.2) is 9.78 Å². The van der Waals surface area contributed by atoms with E-state index in [1.165, 1.54) is 18.9 Å². The second-order valence-electron chi connectivity index (χ2n) is 7.89. The number of anilines is 1. The molecule has 8 heteroatoms. The summed E-state index contributed by atoms with van der Waals surface area (Å²) < 4.78 is 6.40. The molecule has 1 aromatic heterocycles. The maximum Gasteiger partial charge on any atom is 0.337 e. The van der Waals surface area contributed by atoms with Crippen molar-refractivity contribution in [2.24, 2.45) is 0 Å². The van der Waals surface area contributed by atoms with Gasteiger partial charge in [-0.05, 0) is 42.3 Å². The second-order valence-corrected chi connectivity index (χ2v) is 8.83. The Morgan fingerprint density at radius 2 is 1.69 bits per heavy atom. The molecular weight excluding hydrogens is 462 g/mol. The van der Waals surface area contributed by atoms with Crippen LogP contribution in [0.1, 0.15) is 15.9 Å². The first-order valence-electron chi connectivity index (χ1n) is 11.1. The van der Waals surface area contributed by atoms with E-state index in [0.29, 0.717) is 34.6 Å². The number of amides is 1. The molecule has 4 rings (SSSR count). The molecule has 0 fully saturated rings. The Hall–Kier alpha value is -3.91. The molecule has 3 aromatic carbocycles. The Morgan fingerprint density at radius 3 is 2.37 bits per heavy atom. The standard InChI is InChI=1S/C27H25N3O4S/c1-29(21-11-7-4-8-12-21)24(31)18-35-27-28-23-17-20(26(33)34-2)13-14-22(23)25(32)30(27)16-15-19-9-5-3-6-10-19/h3-14,17H,15-16,18H2,1-2H3. The third-order valence-corrected chi connectivity index (χ3v) is 6.61. The number of aromatic nitrogens is 2. The van der Waals surface area contributed by atoms with Crippen LogP contribution in [-0.2, 0) is 22.5 Å². The fourth-order valence-corrected chi connectivity index (χ4v) is 4.60. The molecule has 0 spiro atoms. The number of ether oxygens (including phenoxy) is 1. The molecule has 1 heterocycles. The van der Waals surface area contributed by atoms with Gasteiger partial charge in [0.2, 0.25) is 5.91 Å².